The van der Waals surface area contributed by atoms with E-state index < -0.39 is 0 Å². The topological polar surface area (TPSA) is 21.3 Å². The maximum absolute atomic E-state index is 5.44. The highest BCUT2D eigenvalue weighted by Gasteiger charge is 1.90. The second kappa shape index (κ2) is 9.75. The maximum Gasteiger partial charge on any atom is 0.0502 e. The van der Waals surface area contributed by atoms with Crippen LogP contribution >= 0.6 is 0 Å². The van der Waals surface area contributed by atoms with Gasteiger partial charge in [0, 0.05) is 6.61 Å². The minimum Gasteiger partial charge on any atom is -0.381 e. The van der Waals surface area contributed by atoms with Crippen molar-refractivity contribution in [2.75, 3.05) is 26.8 Å². The molecule has 13 heavy (non-hydrogen) atoms. The molecule has 0 fully saturated rings. The monoisotopic (exact) mass is 185 g/mol. The fourth-order valence-electron chi connectivity index (χ4n) is 1.03. The number of hydrogen-bond acceptors (Lipinski definition) is 2. The van der Waals surface area contributed by atoms with Crippen molar-refractivity contribution < 1.29 is 4.74 Å². The third-order valence-corrected chi connectivity index (χ3v) is 1.89. The summed E-state index contributed by atoms with van der Waals surface area (Å²) in [7, 11) is 1.99. The zero-order valence-corrected chi connectivity index (χ0v) is 9.07. The van der Waals surface area contributed by atoms with Crippen molar-refractivity contribution in [1.82, 2.24) is 5.32 Å². The van der Waals surface area contributed by atoms with Gasteiger partial charge in [0.2, 0.25) is 0 Å². The van der Waals surface area contributed by atoms with Gasteiger partial charge in [0.1, 0.15) is 0 Å². The summed E-state index contributed by atoms with van der Waals surface area (Å²) < 4.78 is 5.44. The molecule has 1 N–H and O–H groups in total. The fourth-order valence-corrected chi connectivity index (χ4v) is 1.03. The second-order valence-corrected chi connectivity index (χ2v) is 3.48. The fraction of sp³-hybridized carbons (Fsp3) is 0.818. The number of ether oxygens (including phenoxy) is 1. The van der Waals surface area contributed by atoms with Gasteiger partial charge in [-0.1, -0.05) is 5.57 Å². The summed E-state index contributed by atoms with van der Waals surface area (Å²) in [6.45, 7) is 8.71. The highest BCUT2D eigenvalue weighted by molar-refractivity contribution is 4.86. The molecule has 0 aliphatic heterocycles. The van der Waals surface area contributed by atoms with Crippen molar-refractivity contribution in [3.8, 4) is 0 Å². The van der Waals surface area contributed by atoms with Crippen molar-refractivity contribution in [3.63, 3.8) is 0 Å². The van der Waals surface area contributed by atoms with Crippen LogP contribution < -0.4 is 5.32 Å². The number of rotatable bonds is 9. The second-order valence-electron chi connectivity index (χ2n) is 3.48. The Hall–Kier alpha value is -0.340. The lowest BCUT2D eigenvalue weighted by Gasteiger charge is -2.03. The first kappa shape index (κ1) is 12.7. The van der Waals surface area contributed by atoms with Gasteiger partial charge in [0.15, 0.2) is 0 Å². The molecule has 0 radical (unpaired) electrons. The Bertz CT molecular complexity index is 123. The zero-order chi connectivity index (χ0) is 9.94. The molecule has 0 amide bonds. The van der Waals surface area contributed by atoms with E-state index >= 15 is 0 Å². The Kier molecular flexibility index (Phi) is 9.49. The Morgan fingerprint density at radius 2 is 2.00 bits per heavy atom. The molecule has 0 unspecified atom stereocenters. The van der Waals surface area contributed by atoms with Gasteiger partial charge in [-0.15, -0.1) is 6.58 Å². The molecule has 78 valence electrons. The molecule has 0 aromatic carbocycles. The summed E-state index contributed by atoms with van der Waals surface area (Å²) in [5, 5.41) is 3.13. The minimum atomic E-state index is 0.835. The van der Waals surface area contributed by atoms with Crippen molar-refractivity contribution in [1.29, 1.82) is 0 Å². The quantitative estimate of drug-likeness (QED) is 0.440. The molecular formula is C11H23NO. The average Bonchev–Trinajstić information content (AvgIpc) is 2.09. The summed E-state index contributed by atoms with van der Waals surface area (Å²) in [5.74, 6) is 0. The molecule has 0 spiro atoms. The average molecular weight is 185 g/mol. The lowest BCUT2D eigenvalue weighted by molar-refractivity contribution is 0.133. The largest absolute Gasteiger partial charge is 0.381 e. The van der Waals surface area contributed by atoms with Gasteiger partial charge in [-0.05, 0) is 46.2 Å². The van der Waals surface area contributed by atoms with Crippen molar-refractivity contribution in [2.45, 2.75) is 32.6 Å². The third-order valence-electron chi connectivity index (χ3n) is 1.89. The van der Waals surface area contributed by atoms with Gasteiger partial charge in [-0.3, -0.25) is 0 Å². The van der Waals surface area contributed by atoms with E-state index in [1.165, 1.54) is 24.8 Å². The molecule has 0 saturated carbocycles. The van der Waals surface area contributed by atoms with E-state index in [2.05, 4.69) is 11.9 Å². The van der Waals surface area contributed by atoms with Gasteiger partial charge in [0.25, 0.3) is 0 Å². The minimum absolute atomic E-state index is 0.835. The Labute approximate surface area is 82.4 Å². The molecule has 0 aliphatic rings. The van der Waals surface area contributed by atoms with Crippen molar-refractivity contribution >= 4 is 0 Å². The molecule has 2 nitrogen and oxygen atoms in total. The lowest BCUT2D eigenvalue weighted by atomic mass is 10.2. The molecule has 2 heteroatoms. The molecule has 0 aromatic heterocycles. The van der Waals surface area contributed by atoms with E-state index in [1.54, 1.807) is 0 Å². The van der Waals surface area contributed by atoms with E-state index in [0.717, 1.165) is 26.2 Å². The molecule has 0 saturated heterocycles. The van der Waals surface area contributed by atoms with Crippen LogP contribution in [-0.2, 0) is 4.74 Å². The van der Waals surface area contributed by atoms with Crippen LogP contribution in [0.5, 0.6) is 0 Å². The Morgan fingerprint density at radius 3 is 2.62 bits per heavy atom. The first-order chi connectivity index (χ1) is 6.27. The summed E-state index contributed by atoms with van der Waals surface area (Å²) in [5.41, 5.74) is 1.20. The highest BCUT2D eigenvalue weighted by atomic mass is 16.5. The van der Waals surface area contributed by atoms with Crippen LogP contribution in [0, 0.1) is 0 Å². The Balaban J connectivity index is 2.87. The number of unbranched alkanes of at least 4 members (excludes halogenated alkanes) is 2. The predicted octanol–water partition coefficient (Wildman–Crippen LogP) is 2.36. The molecule has 0 rings (SSSR count). The molecule has 0 atom stereocenters. The Morgan fingerprint density at radius 1 is 1.23 bits per heavy atom. The van der Waals surface area contributed by atoms with E-state index in [4.69, 9.17) is 4.74 Å². The van der Waals surface area contributed by atoms with E-state index in [1.807, 2.05) is 14.0 Å². The summed E-state index contributed by atoms with van der Waals surface area (Å²) in [4.78, 5) is 0. The predicted molar refractivity (Wildman–Crippen MR) is 58.0 cm³/mol. The highest BCUT2D eigenvalue weighted by Crippen LogP contribution is 1.98. The smallest absolute Gasteiger partial charge is 0.0502 e. The summed E-state index contributed by atoms with van der Waals surface area (Å²) in [6.07, 6.45) is 4.68. The van der Waals surface area contributed by atoms with Gasteiger partial charge >= 0.3 is 0 Å². The van der Waals surface area contributed by atoms with Crippen LogP contribution in [0.4, 0.5) is 0 Å². The zero-order valence-electron chi connectivity index (χ0n) is 9.07. The van der Waals surface area contributed by atoms with Gasteiger partial charge < -0.3 is 10.1 Å². The van der Waals surface area contributed by atoms with Gasteiger partial charge in [-0.2, -0.15) is 0 Å². The summed E-state index contributed by atoms with van der Waals surface area (Å²) >= 11 is 0. The van der Waals surface area contributed by atoms with Crippen molar-refractivity contribution in [3.05, 3.63) is 12.2 Å². The van der Waals surface area contributed by atoms with Crippen LogP contribution in [0.3, 0.4) is 0 Å². The number of hydrogen-bond donors (Lipinski definition) is 1. The van der Waals surface area contributed by atoms with Crippen LogP contribution in [-0.4, -0.2) is 26.8 Å². The van der Waals surface area contributed by atoms with E-state index in [-0.39, 0.29) is 0 Å². The molecular weight excluding hydrogens is 162 g/mol. The molecule has 0 aliphatic carbocycles. The standard InChI is InChI=1S/C11H23NO/c1-11(2)7-10-13-9-6-4-5-8-12-3/h12H,1,4-10H2,2-3H3. The number of nitrogens with one attached hydrogen (secondary N) is 1. The van der Waals surface area contributed by atoms with E-state index in [9.17, 15) is 0 Å². The van der Waals surface area contributed by atoms with Crippen LogP contribution in [0.2, 0.25) is 0 Å². The first-order valence-corrected chi connectivity index (χ1v) is 5.14. The van der Waals surface area contributed by atoms with Crippen LogP contribution in [0.1, 0.15) is 32.6 Å². The normalized spacial score (nSPS) is 10.3. The molecule has 0 aromatic rings. The van der Waals surface area contributed by atoms with Crippen LogP contribution in [0.15, 0.2) is 12.2 Å². The van der Waals surface area contributed by atoms with Gasteiger partial charge in [-0.25, -0.2) is 0 Å². The third kappa shape index (κ3) is 11.7. The SMILES string of the molecule is C=C(C)CCOCCCCCNC. The maximum atomic E-state index is 5.44. The lowest BCUT2D eigenvalue weighted by Crippen LogP contribution is -2.07. The molecule has 0 bridgehead atoms. The van der Waals surface area contributed by atoms with Gasteiger partial charge in [0.05, 0.1) is 6.61 Å². The summed E-state index contributed by atoms with van der Waals surface area (Å²) in [6, 6.07) is 0. The van der Waals surface area contributed by atoms with Crippen LogP contribution in [0.25, 0.3) is 0 Å². The van der Waals surface area contributed by atoms with Crippen molar-refractivity contribution in [2.24, 2.45) is 0 Å². The first-order valence-electron chi connectivity index (χ1n) is 5.14. The molecule has 0 heterocycles. The van der Waals surface area contributed by atoms with E-state index in [0.29, 0.717) is 0 Å².